The summed E-state index contributed by atoms with van der Waals surface area (Å²) < 4.78 is 72.2. The Bertz CT molecular complexity index is 1320. The van der Waals surface area contributed by atoms with Gasteiger partial charge in [0.05, 0.1) is 35.3 Å². The largest absolute Gasteiger partial charge is 0.492 e. The molecule has 0 saturated heterocycles. The van der Waals surface area contributed by atoms with Crippen molar-refractivity contribution in [3.63, 3.8) is 0 Å². The number of hydrogen-bond acceptors (Lipinski definition) is 5. The van der Waals surface area contributed by atoms with E-state index in [1.165, 1.54) is 55.3 Å². The number of alkyl halides is 3. The van der Waals surface area contributed by atoms with Crippen LogP contribution in [0.15, 0.2) is 53.6 Å². The zero-order chi connectivity index (χ0) is 25.3. The SMILES string of the molecule is CCOc1ccc(NC(=O)c2cnn(-c3cccc(C(F)(F)F)c3)c2C)cc1S(=O)(=O)N(C)C. The number of halogens is 3. The lowest BCUT2D eigenvalue weighted by atomic mass is 10.2. The Kier molecular flexibility index (Phi) is 7.03. The molecular weight excluding hydrogens is 473 g/mol. The van der Waals surface area contributed by atoms with E-state index in [-0.39, 0.29) is 34.2 Å². The number of carbonyl (C=O) groups is 1. The summed E-state index contributed by atoms with van der Waals surface area (Å²) in [6.45, 7) is 3.50. The van der Waals surface area contributed by atoms with Crippen LogP contribution in [0.2, 0.25) is 0 Å². The Balaban J connectivity index is 1.93. The molecule has 182 valence electrons. The molecule has 1 N–H and O–H groups in total. The van der Waals surface area contributed by atoms with Gasteiger partial charge in [-0.3, -0.25) is 4.79 Å². The van der Waals surface area contributed by atoms with Crippen LogP contribution < -0.4 is 10.1 Å². The summed E-state index contributed by atoms with van der Waals surface area (Å²) in [5.74, 6) is -0.462. The molecule has 1 aromatic heterocycles. The van der Waals surface area contributed by atoms with E-state index in [0.29, 0.717) is 5.69 Å². The molecule has 0 radical (unpaired) electrons. The van der Waals surface area contributed by atoms with Gasteiger partial charge in [-0.1, -0.05) is 6.07 Å². The number of ether oxygens (including phenoxy) is 1. The number of aromatic nitrogens is 2. The molecule has 0 saturated carbocycles. The molecule has 0 spiro atoms. The van der Waals surface area contributed by atoms with Gasteiger partial charge < -0.3 is 10.1 Å². The smallest absolute Gasteiger partial charge is 0.416 e. The van der Waals surface area contributed by atoms with Crippen LogP contribution in [0.5, 0.6) is 5.75 Å². The lowest BCUT2D eigenvalue weighted by Crippen LogP contribution is -2.23. The van der Waals surface area contributed by atoms with Gasteiger partial charge in [0.1, 0.15) is 10.6 Å². The van der Waals surface area contributed by atoms with Crippen molar-refractivity contribution in [3.05, 3.63) is 65.5 Å². The number of anilines is 1. The number of nitrogens with one attached hydrogen (secondary N) is 1. The number of hydrogen-bond donors (Lipinski definition) is 1. The molecule has 8 nitrogen and oxygen atoms in total. The first-order valence-electron chi connectivity index (χ1n) is 10.1. The van der Waals surface area contributed by atoms with E-state index in [1.54, 1.807) is 13.8 Å². The molecule has 0 aliphatic carbocycles. The van der Waals surface area contributed by atoms with Gasteiger partial charge in [0.15, 0.2) is 0 Å². The minimum atomic E-state index is -4.52. The number of sulfonamides is 1. The molecular formula is C22H23F3N4O4S. The van der Waals surface area contributed by atoms with Gasteiger partial charge in [-0.05, 0) is 50.2 Å². The summed E-state index contributed by atoms with van der Waals surface area (Å²) in [6, 6.07) is 8.80. The van der Waals surface area contributed by atoms with E-state index in [2.05, 4.69) is 10.4 Å². The Hall–Kier alpha value is -3.38. The van der Waals surface area contributed by atoms with Crippen LogP contribution in [-0.4, -0.2) is 49.1 Å². The second-order valence-electron chi connectivity index (χ2n) is 7.44. The zero-order valence-electron chi connectivity index (χ0n) is 18.8. The molecule has 12 heteroatoms. The third-order valence-corrected chi connectivity index (χ3v) is 6.77. The maximum Gasteiger partial charge on any atom is 0.416 e. The lowest BCUT2D eigenvalue weighted by molar-refractivity contribution is -0.137. The van der Waals surface area contributed by atoms with Crippen LogP contribution in [0.25, 0.3) is 5.69 Å². The molecule has 2 aromatic carbocycles. The Labute approximate surface area is 195 Å². The maximum absolute atomic E-state index is 13.1. The van der Waals surface area contributed by atoms with Crippen molar-refractivity contribution in [3.8, 4) is 11.4 Å². The van der Waals surface area contributed by atoms with Crippen molar-refractivity contribution in [2.24, 2.45) is 0 Å². The average molecular weight is 497 g/mol. The molecule has 0 fully saturated rings. The van der Waals surface area contributed by atoms with E-state index < -0.39 is 27.7 Å². The second-order valence-corrected chi connectivity index (χ2v) is 9.56. The minimum Gasteiger partial charge on any atom is -0.492 e. The fourth-order valence-electron chi connectivity index (χ4n) is 3.16. The van der Waals surface area contributed by atoms with Crippen molar-refractivity contribution in [2.45, 2.75) is 24.9 Å². The molecule has 0 atom stereocenters. The first-order chi connectivity index (χ1) is 15.9. The lowest BCUT2D eigenvalue weighted by Gasteiger charge is -2.16. The third-order valence-electron chi connectivity index (χ3n) is 4.93. The topological polar surface area (TPSA) is 93.5 Å². The average Bonchev–Trinajstić information content (AvgIpc) is 3.15. The first-order valence-corrected chi connectivity index (χ1v) is 11.5. The Morgan fingerprint density at radius 1 is 1.18 bits per heavy atom. The molecule has 1 amide bonds. The highest BCUT2D eigenvalue weighted by molar-refractivity contribution is 7.89. The van der Waals surface area contributed by atoms with Crippen molar-refractivity contribution in [1.82, 2.24) is 14.1 Å². The first kappa shape index (κ1) is 25.2. The van der Waals surface area contributed by atoms with Crippen molar-refractivity contribution in [2.75, 3.05) is 26.0 Å². The number of nitrogens with zero attached hydrogens (tertiary/aromatic N) is 3. The monoisotopic (exact) mass is 496 g/mol. The van der Waals surface area contributed by atoms with Crippen LogP contribution in [0.4, 0.5) is 18.9 Å². The number of carbonyl (C=O) groups excluding carboxylic acids is 1. The van der Waals surface area contributed by atoms with Crippen molar-refractivity contribution >= 4 is 21.6 Å². The highest BCUT2D eigenvalue weighted by Gasteiger charge is 2.31. The molecule has 0 unspecified atom stereocenters. The molecule has 0 aliphatic rings. The molecule has 3 aromatic rings. The second kappa shape index (κ2) is 9.47. The Morgan fingerprint density at radius 3 is 2.50 bits per heavy atom. The van der Waals surface area contributed by atoms with Gasteiger partial charge in [0.25, 0.3) is 5.91 Å². The molecule has 34 heavy (non-hydrogen) atoms. The minimum absolute atomic E-state index is 0.114. The van der Waals surface area contributed by atoms with Crippen LogP contribution in [0.1, 0.15) is 28.5 Å². The highest BCUT2D eigenvalue weighted by Crippen LogP contribution is 2.31. The van der Waals surface area contributed by atoms with E-state index in [4.69, 9.17) is 4.74 Å². The summed E-state index contributed by atoms with van der Waals surface area (Å²) in [7, 11) is -1.11. The summed E-state index contributed by atoms with van der Waals surface area (Å²) in [5.41, 5.74) is -0.0750. The van der Waals surface area contributed by atoms with E-state index >= 15 is 0 Å². The van der Waals surface area contributed by atoms with Crippen molar-refractivity contribution < 1.29 is 31.1 Å². The summed E-state index contributed by atoms with van der Waals surface area (Å²) >= 11 is 0. The molecule has 0 aliphatic heterocycles. The van der Waals surface area contributed by atoms with Gasteiger partial charge in [0.2, 0.25) is 10.0 Å². The van der Waals surface area contributed by atoms with Gasteiger partial charge in [-0.15, -0.1) is 0 Å². The van der Waals surface area contributed by atoms with E-state index in [0.717, 1.165) is 16.4 Å². The van der Waals surface area contributed by atoms with E-state index in [1.807, 2.05) is 0 Å². The summed E-state index contributed by atoms with van der Waals surface area (Å²) in [5, 5.41) is 6.67. The fourth-order valence-corrected chi connectivity index (χ4v) is 4.21. The predicted octanol–water partition coefficient (Wildman–Crippen LogP) is 4.10. The molecule has 0 bridgehead atoms. The molecule has 1 heterocycles. The fraction of sp³-hybridized carbons (Fsp3) is 0.273. The van der Waals surface area contributed by atoms with Crippen LogP contribution in [-0.2, 0) is 16.2 Å². The number of benzene rings is 2. The molecule has 3 rings (SSSR count). The zero-order valence-corrected chi connectivity index (χ0v) is 19.7. The maximum atomic E-state index is 13.1. The van der Waals surface area contributed by atoms with Gasteiger partial charge in [0, 0.05) is 19.8 Å². The van der Waals surface area contributed by atoms with Crippen LogP contribution in [0, 0.1) is 6.92 Å². The number of rotatable bonds is 7. The van der Waals surface area contributed by atoms with Gasteiger partial charge in [-0.2, -0.15) is 18.3 Å². The van der Waals surface area contributed by atoms with Gasteiger partial charge in [-0.25, -0.2) is 17.4 Å². The normalized spacial score (nSPS) is 12.1. The Morgan fingerprint density at radius 2 is 1.88 bits per heavy atom. The van der Waals surface area contributed by atoms with Crippen LogP contribution in [0.3, 0.4) is 0 Å². The number of amides is 1. The third kappa shape index (κ3) is 5.07. The predicted molar refractivity (Wildman–Crippen MR) is 120 cm³/mol. The van der Waals surface area contributed by atoms with Gasteiger partial charge >= 0.3 is 6.18 Å². The standard InChI is InChI=1S/C22H23F3N4O4S/c1-5-33-19-10-9-16(12-20(19)34(31,32)28(3)4)27-21(30)18-13-26-29(14(18)2)17-8-6-7-15(11-17)22(23,24)25/h6-13H,5H2,1-4H3,(H,27,30). The highest BCUT2D eigenvalue weighted by atomic mass is 32.2. The summed E-state index contributed by atoms with van der Waals surface area (Å²) in [6.07, 6.45) is -3.29. The van der Waals surface area contributed by atoms with Crippen LogP contribution >= 0.6 is 0 Å². The quantitative estimate of drug-likeness (QED) is 0.532. The van der Waals surface area contributed by atoms with E-state index in [9.17, 15) is 26.4 Å². The summed E-state index contributed by atoms with van der Waals surface area (Å²) in [4.78, 5) is 12.8. The van der Waals surface area contributed by atoms with Crippen molar-refractivity contribution in [1.29, 1.82) is 0 Å².